The molecule has 7 rings (SSSR count). The Labute approximate surface area is 250 Å². The number of aryl methyl sites for hydroxylation is 1. The normalized spacial score (nSPS) is 15.8. The molecule has 1 atom stereocenters. The van der Waals surface area contributed by atoms with E-state index in [0.29, 0.717) is 32.4 Å². The van der Waals surface area contributed by atoms with Crippen LogP contribution in [0.3, 0.4) is 0 Å². The largest absolute Gasteiger partial charge is 0.493 e. The molecule has 2 aromatic heterocycles. The molecule has 0 fully saturated rings. The fourth-order valence-electron chi connectivity index (χ4n) is 5.84. The minimum atomic E-state index is -0.987. The molecule has 1 aliphatic carbocycles. The van der Waals surface area contributed by atoms with Gasteiger partial charge >= 0.3 is 5.97 Å². The first-order valence-corrected chi connectivity index (χ1v) is 14.6. The maximum absolute atomic E-state index is 14.1. The van der Waals surface area contributed by atoms with Crippen LogP contribution in [0.4, 0.5) is 0 Å². The lowest BCUT2D eigenvalue weighted by atomic mass is 9.83. The summed E-state index contributed by atoms with van der Waals surface area (Å²) in [6, 6.07) is 23.8. The average molecular weight is 591 g/mol. The van der Waals surface area contributed by atoms with Crippen molar-refractivity contribution in [2.24, 2.45) is 4.99 Å². The molecule has 43 heavy (non-hydrogen) atoms. The highest BCUT2D eigenvalue weighted by Gasteiger charge is 2.33. The van der Waals surface area contributed by atoms with Gasteiger partial charge in [0.15, 0.2) is 16.3 Å². The number of hydrogen-bond acceptors (Lipinski definition) is 7. The lowest BCUT2D eigenvalue weighted by Crippen LogP contribution is -2.38. The number of carbonyl (C=O) groups is 1. The Hall–Kier alpha value is -5.15. The van der Waals surface area contributed by atoms with Crippen LogP contribution in [0.1, 0.15) is 45.3 Å². The Bertz CT molecular complexity index is 2120. The van der Waals surface area contributed by atoms with Crippen LogP contribution in [-0.2, 0) is 6.42 Å². The molecule has 1 N–H and O–H groups in total. The van der Waals surface area contributed by atoms with E-state index in [4.69, 9.17) is 18.9 Å². The van der Waals surface area contributed by atoms with Gasteiger partial charge in [0.05, 0.1) is 36.1 Å². The highest BCUT2D eigenvalue weighted by atomic mass is 32.1. The summed E-state index contributed by atoms with van der Waals surface area (Å²) in [7, 11) is 3.21. The van der Waals surface area contributed by atoms with Crippen molar-refractivity contribution in [2.45, 2.75) is 18.9 Å². The Morgan fingerprint density at radius 3 is 2.56 bits per heavy atom. The molecule has 5 aromatic rings. The molecule has 3 aromatic carbocycles. The number of aromatic nitrogens is 1. The lowest BCUT2D eigenvalue weighted by molar-refractivity contribution is 0.0697. The van der Waals surface area contributed by atoms with E-state index in [0.717, 1.165) is 40.8 Å². The average Bonchev–Trinajstić information content (AvgIpc) is 3.63. The maximum atomic E-state index is 14.1. The molecule has 1 aliphatic heterocycles. The van der Waals surface area contributed by atoms with Gasteiger partial charge in [0.25, 0.3) is 5.56 Å². The Kier molecular flexibility index (Phi) is 6.59. The summed E-state index contributed by atoms with van der Waals surface area (Å²) >= 11 is 1.33. The Morgan fingerprint density at radius 1 is 1.00 bits per heavy atom. The summed E-state index contributed by atoms with van der Waals surface area (Å²) < 4.78 is 19.4. The van der Waals surface area contributed by atoms with Gasteiger partial charge in [0, 0.05) is 17.2 Å². The second kappa shape index (κ2) is 10.6. The van der Waals surface area contributed by atoms with Crippen molar-refractivity contribution in [3.8, 4) is 22.8 Å². The molecule has 0 saturated carbocycles. The van der Waals surface area contributed by atoms with Gasteiger partial charge in [-0.3, -0.25) is 9.36 Å². The first-order chi connectivity index (χ1) is 20.9. The molecule has 8 nitrogen and oxygen atoms in total. The maximum Gasteiger partial charge on any atom is 0.335 e. The number of thiazole rings is 1. The number of methoxy groups -OCH3 is 2. The molecular formula is C34H26N2O6S. The molecule has 0 bridgehead atoms. The molecule has 0 amide bonds. The standard InChI is InChI=1S/C34H26N2O6S/c1-40-27-15-12-22(17-28(27)41-2)31-25-14-11-19-5-3-4-6-24(19)30(25)35-34-36(31)32(37)29(43-34)18-23-13-16-26(42-23)20-7-9-21(10-8-20)33(38)39/h3-10,12-13,15-18,31H,11,14H2,1-2H3,(H,38,39)/b29-18-/t31-/m0/s1. The van der Waals surface area contributed by atoms with Crippen LogP contribution in [0, 0.1) is 0 Å². The van der Waals surface area contributed by atoms with Gasteiger partial charge < -0.3 is 19.0 Å². The summed E-state index contributed by atoms with van der Waals surface area (Å²) in [6.07, 6.45) is 3.38. The van der Waals surface area contributed by atoms with Crippen LogP contribution in [0.25, 0.3) is 23.1 Å². The topological polar surface area (TPSA) is 103 Å². The van der Waals surface area contributed by atoms with E-state index in [9.17, 15) is 14.7 Å². The first-order valence-electron chi connectivity index (χ1n) is 13.7. The number of carboxylic acid groups (broad SMARTS) is 1. The molecule has 0 unspecified atom stereocenters. The van der Waals surface area contributed by atoms with Crippen molar-refractivity contribution in [2.75, 3.05) is 14.2 Å². The smallest absolute Gasteiger partial charge is 0.335 e. The first kappa shape index (κ1) is 26.7. The van der Waals surface area contributed by atoms with E-state index >= 15 is 0 Å². The summed E-state index contributed by atoms with van der Waals surface area (Å²) in [6.45, 7) is 0. The van der Waals surface area contributed by atoms with Gasteiger partial charge in [-0.2, -0.15) is 0 Å². The lowest BCUT2D eigenvalue weighted by Gasteiger charge is -2.31. The third-order valence-electron chi connectivity index (χ3n) is 7.91. The van der Waals surface area contributed by atoms with Gasteiger partial charge in [0.2, 0.25) is 0 Å². The number of fused-ring (bicyclic) bond motifs is 3. The third kappa shape index (κ3) is 4.58. The fourth-order valence-corrected chi connectivity index (χ4v) is 6.82. The second-order valence-electron chi connectivity index (χ2n) is 10.3. The molecule has 2 aliphatic rings. The van der Waals surface area contributed by atoms with Crippen LogP contribution < -0.4 is 24.4 Å². The number of carboxylic acids is 1. The predicted molar refractivity (Wildman–Crippen MR) is 163 cm³/mol. The SMILES string of the molecule is COc1ccc([C@H]2C3=C(N=c4s/c(=C\c5ccc(-c6ccc(C(=O)O)cc6)o5)c(=O)n42)c2ccccc2CC3)cc1OC. The molecule has 3 heterocycles. The van der Waals surface area contributed by atoms with E-state index < -0.39 is 5.97 Å². The minimum absolute atomic E-state index is 0.155. The van der Waals surface area contributed by atoms with Crippen molar-refractivity contribution >= 4 is 29.1 Å². The number of nitrogens with zero attached hydrogens (tertiary/aromatic N) is 2. The second-order valence-corrected chi connectivity index (χ2v) is 11.3. The van der Waals surface area contributed by atoms with Crippen LogP contribution in [-0.4, -0.2) is 29.9 Å². The fraction of sp³-hybridized carbons (Fsp3) is 0.147. The van der Waals surface area contributed by atoms with Gasteiger partial charge in [0.1, 0.15) is 11.5 Å². The molecule has 0 radical (unpaired) electrons. The van der Waals surface area contributed by atoms with Crippen molar-refractivity contribution in [1.29, 1.82) is 0 Å². The van der Waals surface area contributed by atoms with E-state index in [1.165, 1.54) is 29.0 Å². The number of ether oxygens (including phenoxy) is 2. The van der Waals surface area contributed by atoms with Gasteiger partial charge in [-0.05, 0) is 65.9 Å². The van der Waals surface area contributed by atoms with Gasteiger partial charge in [-0.1, -0.05) is 53.8 Å². The molecule has 214 valence electrons. The molecule has 9 heteroatoms. The predicted octanol–water partition coefficient (Wildman–Crippen LogP) is 5.29. The van der Waals surface area contributed by atoms with Gasteiger partial charge in [-0.25, -0.2) is 9.79 Å². The summed E-state index contributed by atoms with van der Waals surface area (Å²) in [4.78, 5) is 31.0. The van der Waals surface area contributed by atoms with Crippen molar-refractivity contribution in [1.82, 2.24) is 4.57 Å². The zero-order chi connectivity index (χ0) is 29.7. The summed E-state index contributed by atoms with van der Waals surface area (Å²) in [5.74, 6) is 1.31. The van der Waals surface area contributed by atoms with Crippen LogP contribution in [0.2, 0.25) is 0 Å². The molecule has 0 spiro atoms. The molecule has 0 saturated heterocycles. The van der Waals surface area contributed by atoms with E-state index in [1.807, 2.05) is 30.3 Å². The van der Waals surface area contributed by atoms with E-state index in [2.05, 4.69) is 12.1 Å². The molecular weight excluding hydrogens is 564 g/mol. The highest BCUT2D eigenvalue weighted by Crippen LogP contribution is 2.42. The number of furan rings is 1. The zero-order valence-corrected chi connectivity index (χ0v) is 24.2. The van der Waals surface area contributed by atoms with Crippen LogP contribution in [0.5, 0.6) is 11.5 Å². The number of benzene rings is 3. The van der Waals surface area contributed by atoms with E-state index in [-0.39, 0.29) is 17.2 Å². The quantitative estimate of drug-likeness (QED) is 0.288. The number of hydrogen-bond donors (Lipinski definition) is 1. The van der Waals surface area contributed by atoms with E-state index in [1.54, 1.807) is 49.1 Å². The summed E-state index contributed by atoms with van der Waals surface area (Å²) in [5, 5.41) is 9.19. The van der Waals surface area contributed by atoms with Crippen LogP contribution >= 0.6 is 11.3 Å². The van der Waals surface area contributed by atoms with Gasteiger partial charge in [-0.15, -0.1) is 0 Å². The highest BCUT2D eigenvalue weighted by molar-refractivity contribution is 7.07. The number of rotatable bonds is 6. The van der Waals surface area contributed by atoms with Crippen LogP contribution in [0.15, 0.2) is 98.6 Å². The number of aromatic carboxylic acids is 1. The third-order valence-corrected chi connectivity index (χ3v) is 8.90. The van der Waals surface area contributed by atoms with Crippen molar-refractivity contribution in [3.63, 3.8) is 0 Å². The summed E-state index contributed by atoms with van der Waals surface area (Å²) in [5.41, 5.74) is 6.05. The van der Waals surface area contributed by atoms with Crippen molar-refractivity contribution < 1.29 is 23.8 Å². The Morgan fingerprint density at radius 2 is 1.79 bits per heavy atom. The van der Waals surface area contributed by atoms with Crippen molar-refractivity contribution in [3.05, 3.63) is 132 Å². The minimum Gasteiger partial charge on any atom is -0.493 e. The monoisotopic (exact) mass is 590 g/mol. The Balaban J connectivity index is 1.37. The number of allylic oxidation sites excluding steroid dienone is 1. The zero-order valence-electron chi connectivity index (χ0n) is 23.4.